The molecule has 3 aromatic rings. The lowest BCUT2D eigenvalue weighted by molar-refractivity contribution is -0.137. The van der Waals surface area contributed by atoms with E-state index >= 15 is 0 Å². The van der Waals surface area contributed by atoms with E-state index in [9.17, 15) is 13.2 Å². The van der Waals surface area contributed by atoms with E-state index in [2.05, 4.69) is 41.4 Å². The lowest BCUT2D eigenvalue weighted by Gasteiger charge is -2.44. The minimum Gasteiger partial charge on any atom is -0.354 e. The number of hydrogen-bond acceptors (Lipinski definition) is 7. The molecule has 2 aromatic heterocycles. The molecule has 0 radical (unpaired) electrons. The number of benzene rings is 1. The van der Waals surface area contributed by atoms with Gasteiger partial charge in [0.25, 0.3) is 0 Å². The van der Waals surface area contributed by atoms with Crippen LogP contribution in [0.25, 0.3) is 5.65 Å². The number of nitrogens with one attached hydrogen (secondary N) is 2. The van der Waals surface area contributed by atoms with Crippen molar-refractivity contribution in [1.29, 1.82) is 0 Å². The summed E-state index contributed by atoms with van der Waals surface area (Å²) in [6.45, 7) is 11.7. The molecule has 4 rings (SSSR count). The Balaban J connectivity index is 1.36. The van der Waals surface area contributed by atoms with E-state index in [1.807, 2.05) is 13.8 Å². The zero-order valence-corrected chi connectivity index (χ0v) is 22.8. The third-order valence-corrected chi connectivity index (χ3v) is 9.44. The summed E-state index contributed by atoms with van der Waals surface area (Å²) in [7, 11) is -3.89. The molecule has 1 saturated heterocycles. The second kappa shape index (κ2) is 9.13. The highest BCUT2D eigenvalue weighted by Crippen LogP contribution is 2.36. The summed E-state index contributed by atoms with van der Waals surface area (Å²) >= 11 is 6.53. The highest BCUT2D eigenvalue weighted by Gasteiger charge is 2.61. The van der Waals surface area contributed by atoms with E-state index in [-0.39, 0.29) is 30.3 Å². The summed E-state index contributed by atoms with van der Waals surface area (Å²) in [5.74, 6) is 0.111. The number of halogens is 1. The smallest absolute Gasteiger partial charge is 0.244 e. The van der Waals surface area contributed by atoms with Gasteiger partial charge in [0, 0.05) is 5.41 Å². The molecular weight excluding hydrogens is 506 g/mol. The van der Waals surface area contributed by atoms with Crippen LogP contribution in [0.2, 0.25) is 5.02 Å². The molecule has 2 unspecified atom stereocenters. The van der Waals surface area contributed by atoms with Gasteiger partial charge in [-0.1, -0.05) is 64.4 Å². The van der Waals surface area contributed by atoms with Crippen LogP contribution in [-0.2, 0) is 34.9 Å². The molecule has 0 spiro atoms. The van der Waals surface area contributed by atoms with Crippen LogP contribution in [0.5, 0.6) is 0 Å². The first-order valence-corrected chi connectivity index (χ1v) is 13.5. The van der Waals surface area contributed by atoms with Crippen molar-refractivity contribution in [3.05, 3.63) is 46.9 Å². The number of rotatable bonds is 9. The second-order valence-corrected chi connectivity index (χ2v) is 13.6. The molecule has 1 aliphatic heterocycles. The van der Waals surface area contributed by atoms with Crippen LogP contribution in [0, 0.1) is 0 Å². The quantitative estimate of drug-likeness (QED) is 0.244. The van der Waals surface area contributed by atoms with Crippen LogP contribution in [-0.4, -0.2) is 64.9 Å². The Kier molecular flexibility index (Phi) is 6.74. The molecule has 196 valence electrons. The van der Waals surface area contributed by atoms with Gasteiger partial charge in [0.1, 0.15) is 11.8 Å². The number of hydrogen-bond donors (Lipinski definition) is 2. The van der Waals surface area contributed by atoms with Gasteiger partial charge in [-0.3, -0.25) is 9.89 Å². The Morgan fingerprint density at radius 1 is 1.11 bits per heavy atom. The molecule has 36 heavy (non-hydrogen) atoms. The largest absolute Gasteiger partial charge is 0.354 e. The number of aromatic nitrogens is 4. The Hall–Kier alpha value is -2.47. The van der Waals surface area contributed by atoms with E-state index < -0.39 is 31.9 Å². The van der Waals surface area contributed by atoms with Crippen molar-refractivity contribution in [3.8, 4) is 0 Å². The molecule has 1 fully saturated rings. The van der Waals surface area contributed by atoms with Gasteiger partial charge in [0.2, 0.25) is 5.91 Å². The first-order chi connectivity index (χ1) is 16.7. The van der Waals surface area contributed by atoms with Gasteiger partial charge in [0.15, 0.2) is 26.1 Å². The number of carbonyl (C=O) groups is 1. The normalized spacial score (nSPS) is 21.0. The first kappa shape index (κ1) is 26.6. The van der Waals surface area contributed by atoms with Gasteiger partial charge in [0.05, 0.1) is 35.3 Å². The fraction of sp³-hybridized carbons (Fsp3) is 0.542. The number of fused-ring (bicyclic) bond motifs is 1. The van der Waals surface area contributed by atoms with Gasteiger partial charge in [-0.15, -0.1) is 10.2 Å². The Morgan fingerprint density at radius 3 is 2.39 bits per heavy atom. The molecule has 3 heterocycles. The average Bonchev–Trinajstić information content (AvgIpc) is 3.38. The molecule has 12 heteroatoms. The fourth-order valence-electron chi connectivity index (χ4n) is 4.20. The minimum absolute atomic E-state index is 0.00884. The summed E-state index contributed by atoms with van der Waals surface area (Å²) < 4.78 is 37.8. The topological polar surface area (TPSA) is 128 Å². The van der Waals surface area contributed by atoms with E-state index in [4.69, 9.17) is 21.1 Å². The summed E-state index contributed by atoms with van der Waals surface area (Å²) in [5.41, 5.74) is 0.692. The monoisotopic (exact) mass is 537 g/mol. The molecule has 0 saturated carbocycles. The van der Waals surface area contributed by atoms with Gasteiger partial charge >= 0.3 is 0 Å². The number of carbonyl (C=O) groups excluding carboxylic acids is 1. The van der Waals surface area contributed by atoms with Crippen molar-refractivity contribution in [2.45, 2.75) is 68.1 Å². The number of ether oxygens (including phenoxy) is 2. The predicted octanol–water partition coefficient (Wildman–Crippen LogP) is 3.01. The summed E-state index contributed by atoms with van der Waals surface area (Å²) in [6.07, 6.45) is 0. The third kappa shape index (κ3) is 4.31. The lowest BCUT2D eigenvalue weighted by atomic mass is 9.92. The number of sulfone groups is 1. The van der Waals surface area contributed by atoms with Crippen molar-refractivity contribution >= 4 is 33.0 Å². The van der Waals surface area contributed by atoms with Crippen molar-refractivity contribution in [1.82, 2.24) is 25.1 Å². The van der Waals surface area contributed by atoms with Gasteiger partial charge in [-0.2, -0.15) is 0 Å². The van der Waals surface area contributed by atoms with Gasteiger partial charge in [-0.25, -0.2) is 12.9 Å². The predicted molar refractivity (Wildman–Crippen MR) is 135 cm³/mol. The van der Waals surface area contributed by atoms with E-state index in [1.165, 1.54) is 19.1 Å². The van der Waals surface area contributed by atoms with Crippen LogP contribution in [0.1, 0.15) is 53.1 Å². The number of aromatic amines is 1. The first-order valence-electron chi connectivity index (χ1n) is 11.6. The molecule has 1 amide bonds. The summed E-state index contributed by atoms with van der Waals surface area (Å²) in [5, 5.41) is 15.0. The Bertz CT molecular complexity index is 1380. The molecule has 10 nitrogen and oxygen atoms in total. The van der Waals surface area contributed by atoms with Crippen molar-refractivity contribution in [2.75, 3.05) is 20.0 Å². The maximum atomic E-state index is 13.1. The molecule has 0 bridgehead atoms. The summed E-state index contributed by atoms with van der Waals surface area (Å²) in [6, 6.07) is 7.25. The number of β-lactam (4-membered cyclic amide) rings is 1. The maximum Gasteiger partial charge on any atom is 0.244 e. The molecule has 1 aromatic carbocycles. The zero-order chi connectivity index (χ0) is 26.5. The molecule has 0 aliphatic carbocycles. The van der Waals surface area contributed by atoms with Crippen LogP contribution < -0.4 is 5.32 Å². The average molecular weight is 538 g/mol. The minimum atomic E-state index is -3.89. The standard InChI is InChI=1S/C24H32ClN5O5S/c1-22(2,3)18-17(25)19-27-28-20(30(19)29-18)23(4,5)13-35-14-34-12-16-24(6,21(31)26-16)36(32,33)15-10-8-7-9-11-15/h7-11,16,29H,12-14H2,1-6H3,(H,26,31). The van der Waals surface area contributed by atoms with E-state index in [0.29, 0.717) is 16.5 Å². The van der Waals surface area contributed by atoms with E-state index in [0.717, 1.165) is 5.69 Å². The fourth-order valence-corrected chi connectivity index (χ4v) is 6.46. The highest BCUT2D eigenvalue weighted by atomic mass is 35.5. The van der Waals surface area contributed by atoms with E-state index in [1.54, 1.807) is 22.7 Å². The number of H-pyrrole nitrogens is 1. The van der Waals surface area contributed by atoms with Crippen LogP contribution in [0.3, 0.4) is 0 Å². The molecule has 2 atom stereocenters. The lowest BCUT2D eigenvalue weighted by Crippen LogP contribution is -2.75. The number of amides is 1. The number of nitrogens with zero attached hydrogens (tertiary/aromatic N) is 3. The van der Waals surface area contributed by atoms with Crippen LogP contribution >= 0.6 is 11.6 Å². The van der Waals surface area contributed by atoms with Crippen LogP contribution in [0.4, 0.5) is 0 Å². The van der Waals surface area contributed by atoms with Crippen molar-refractivity contribution in [3.63, 3.8) is 0 Å². The highest BCUT2D eigenvalue weighted by molar-refractivity contribution is 7.93. The Labute approximate surface area is 215 Å². The van der Waals surface area contributed by atoms with Crippen LogP contribution in [0.15, 0.2) is 35.2 Å². The second-order valence-electron chi connectivity index (χ2n) is 10.9. The zero-order valence-electron chi connectivity index (χ0n) is 21.3. The summed E-state index contributed by atoms with van der Waals surface area (Å²) in [4.78, 5) is 12.4. The van der Waals surface area contributed by atoms with Crippen molar-refractivity contribution in [2.24, 2.45) is 0 Å². The van der Waals surface area contributed by atoms with Gasteiger partial charge in [-0.05, 0) is 19.1 Å². The molecule has 2 N–H and O–H groups in total. The van der Waals surface area contributed by atoms with Crippen molar-refractivity contribution < 1.29 is 22.7 Å². The Morgan fingerprint density at radius 2 is 1.78 bits per heavy atom. The molecular formula is C24H32ClN5O5S. The molecule has 1 aliphatic rings. The van der Waals surface area contributed by atoms with Gasteiger partial charge < -0.3 is 14.8 Å². The third-order valence-electron chi connectivity index (χ3n) is 6.60. The maximum absolute atomic E-state index is 13.1. The SMILES string of the molecule is CC(C)(C)c1[nH]n2c(C(C)(C)COCOCC3NC(=O)C3(C)S(=O)(=O)c3ccccc3)nnc2c1Cl.